The zero-order valence-electron chi connectivity index (χ0n) is 8.94. The number of anilines is 1. The van der Waals surface area contributed by atoms with Crippen molar-refractivity contribution >= 4 is 29.3 Å². The second-order valence-electron chi connectivity index (χ2n) is 3.42. The molecule has 5 heteroatoms. The molecule has 1 amide bonds. The highest BCUT2D eigenvalue weighted by molar-refractivity contribution is 8.01. The smallest absolute Gasteiger partial charge is 0.339 e. The van der Waals surface area contributed by atoms with Crippen LogP contribution in [0.1, 0.15) is 17.3 Å². The fourth-order valence-corrected chi connectivity index (χ4v) is 2.54. The van der Waals surface area contributed by atoms with E-state index < -0.39 is 0 Å². The highest BCUT2D eigenvalue weighted by Gasteiger charge is 2.27. The van der Waals surface area contributed by atoms with E-state index in [0.29, 0.717) is 11.3 Å². The molecule has 1 heterocycles. The van der Waals surface area contributed by atoms with Crippen molar-refractivity contribution in [1.29, 1.82) is 0 Å². The van der Waals surface area contributed by atoms with Gasteiger partial charge >= 0.3 is 5.97 Å². The molecular weight excluding hydrogens is 226 g/mol. The standard InChI is InChI=1S/C11H11NO3S/c1-6-10(13)12-8-5-3-4-7(9(8)16-6)11(14)15-2/h3-6H,1-2H3,(H,12,13). The number of esters is 1. The number of nitrogens with one attached hydrogen (secondary N) is 1. The minimum absolute atomic E-state index is 0.0421. The number of rotatable bonds is 1. The van der Waals surface area contributed by atoms with E-state index >= 15 is 0 Å². The first kappa shape index (κ1) is 11.0. The minimum atomic E-state index is -0.382. The van der Waals surface area contributed by atoms with E-state index in [-0.39, 0.29) is 17.1 Å². The Bertz CT molecular complexity index is 459. The number of carbonyl (C=O) groups is 2. The monoisotopic (exact) mass is 237 g/mol. The normalized spacial score (nSPS) is 18.6. The fraction of sp³-hybridized carbons (Fsp3) is 0.273. The first-order valence-corrected chi connectivity index (χ1v) is 5.70. The van der Waals surface area contributed by atoms with Gasteiger partial charge in [0.15, 0.2) is 0 Å². The highest BCUT2D eigenvalue weighted by Crippen LogP contribution is 2.38. The molecule has 0 saturated carbocycles. The predicted molar refractivity (Wildman–Crippen MR) is 61.7 cm³/mol. The van der Waals surface area contributed by atoms with Crippen molar-refractivity contribution in [2.45, 2.75) is 17.1 Å². The van der Waals surface area contributed by atoms with Crippen molar-refractivity contribution in [3.05, 3.63) is 23.8 Å². The number of methoxy groups -OCH3 is 1. The lowest BCUT2D eigenvalue weighted by Crippen LogP contribution is -2.27. The number of fused-ring (bicyclic) bond motifs is 1. The van der Waals surface area contributed by atoms with Crippen LogP contribution >= 0.6 is 11.8 Å². The van der Waals surface area contributed by atoms with Crippen molar-refractivity contribution < 1.29 is 14.3 Å². The van der Waals surface area contributed by atoms with E-state index in [1.165, 1.54) is 18.9 Å². The molecule has 0 saturated heterocycles. The average Bonchev–Trinajstić information content (AvgIpc) is 2.29. The van der Waals surface area contributed by atoms with E-state index in [0.717, 1.165) is 4.90 Å². The van der Waals surface area contributed by atoms with Gasteiger partial charge in [0.1, 0.15) is 0 Å². The molecule has 1 unspecified atom stereocenters. The van der Waals surface area contributed by atoms with Crippen LogP contribution in [0.3, 0.4) is 0 Å². The average molecular weight is 237 g/mol. The van der Waals surface area contributed by atoms with Gasteiger partial charge in [-0.2, -0.15) is 0 Å². The molecule has 0 fully saturated rings. The third-order valence-corrected chi connectivity index (χ3v) is 3.59. The summed E-state index contributed by atoms with van der Waals surface area (Å²) in [6.45, 7) is 1.80. The van der Waals surface area contributed by atoms with Gasteiger partial charge in [0.2, 0.25) is 5.91 Å². The van der Waals surface area contributed by atoms with Crippen molar-refractivity contribution in [1.82, 2.24) is 0 Å². The summed E-state index contributed by atoms with van der Waals surface area (Å²) < 4.78 is 4.70. The second-order valence-corrected chi connectivity index (χ2v) is 4.77. The Labute approximate surface area is 97.4 Å². The van der Waals surface area contributed by atoms with Gasteiger partial charge in [-0.15, -0.1) is 11.8 Å². The van der Waals surface area contributed by atoms with E-state index in [1.54, 1.807) is 25.1 Å². The van der Waals surface area contributed by atoms with Gasteiger partial charge in [-0.05, 0) is 19.1 Å². The Morgan fingerprint density at radius 1 is 1.50 bits per heavy atom. The van der Waals surface area contributed by atoms with Crippen LogP contribution < -0.4 is 5.32 Å². The number of carbonyl (C=O) groups excluding carboxylic acids is 2. The maximum Gasteiger partial charge on any atom is 0.339 e. The zero-order chi connectivity index (χ0) is 11.7. The van der Waals surface area contributed by atoms with Crippen molar-refractivity contribution in [2.24, 2.45) is 0 Å². The van der Waals surface area contributed by atoms with Crippen molar-refractivity contribution in [3.63, 3.8) is 0 Å². The van der Waals surface area contributed by atoms with Crippen LogP contribution in [0.2, 0.25) is 0 Å². The molecule has 84 valence electrons. The fourth-order valence-electron chi connectivity index (χ4n) is 1.50. The van der Waals surface area contributed by atoms with Crippen LogP contribution in [0.15, 0.2) is 23.1 Å². The summed E-state index contributed by atoms with van der Waals surface area (Å²) in [5.74, 6) is -0.424. The predicted octanol–water partition coefficient (Wildman–Crippen LogP) is 1.91. The molecule has 1 aromatic carbocycles. The van der Waals surface area contributed by atoms with E-state index in [1.807, 2.05) is 0 Å². The molecule has 0 aromatic heterocycles. The molecular formula is C11H11NO3S. The van der Waals surface area contributed by atoms with Crippen LogP contribution in [-0.4, -0.2) is 24.2 Å². The third kappa shape index (κ3) is 1.78. The van der Waals surface area contributed by atoms with E-state index in [9.17, 15) is 9.59 Å². The second kappa shape index (κ2) is 4.17. The zero-order valence-corrected chi connectivity index (χ0v) is 9.76. The molecule has 0 aliphatic carbocycles. The van der Waals surface area contributed by atoms with Gasteiger partial charge in [-0.1, -0.05) is 6.07 Å². The number of benzene rings is 1. The Morgan fingerprint density at radius 3 is 2.94 bits per heavy atom. The lowest BCUT2D eigenvalue weighted by Gasteiger charge is -2.22. The Morgan fingerprint density at radius 2 is 2.25 bits per heavy atom. The molecule has 4 nitrogen and oxygen atoms in total. The van der Waals surface area contributed by atoms with Crippen LogP contribution in [0.25, 0.3) is 0 Å². The van der Waals surface area contributed by atoms with Gasteiger partial charge in [0.25, 0.3) is 0 Å². The Balaban J connectivity index is 2.48. The van der Waals surface area contributed by atoms with Gasteiger partial charge in [0, 0.05) is 4.90 Å². The van der Waals surface area contributed by atoms with Crippen LogP contribution in [0.5, 0.6) is 0 Å². The summed E-state index contributed by atoms with van der Waals surface area (Å²) in [5, 5.41) is 2.57. The molecule has 2 rings (SSSR count). The van der Waals surface area contributed by atoms with Crippen LogP contribution in [-0.2, 0) is 9.53 Å². The quantitative estimate of drug-likeness (QED) is 0.758. The minimum Gasteiger partial charge on any atom is -0.465 e. The van der Waals surface area contributed by atoms with Crippen molar-refractivity contribution in [3.8, 4) is 0 Å². The molecule has 0 bridgehead atoms. The summed E-state index contributed by atoms with van der Waals surface area (Å²) in [5.41, 5.74) is 1.17. The number of ether oxygens (including phenoxy) is 1. The third-order valence-electron chi connectivity index (χ3n) is 2.34. The van der Waals surface area contributed by atoms with Crippen LogP contribution in [0.4, 0.5) is 5.69 Å². The van der Waals surface area contributed by atoms with E-state index in [4.69, 9.17) is 4.74 Å². The Kier molecular flexibility index (Phi) is 2.87. The number of hydrogen-bond donors (Lipinski definition) is 1. The number of thioether (sulfide) groups is 1. The molecule has 1 aliphatic heterocycles. The summed E-state index contributed by atoms with van der Waals surface area (Å²) in [6, 6.07) is 5.20. The highest BCUT2D eigenvalue weighted by atomic mass is 32.2. The molecule has 16 heavy (non-hydrogen) atoms. The molecule has 1 aromatic rings. The van der Waals surface area contributed by atoms with Gasteiger partial charge in [0.05, 0.1) is 23.6 Å². The topological polar surface area (TPSA) is 55.4 Å². The summed E-state index contributed by atoms with van der Waals surface area (Å²) in [4.78, 5) is 23.8. The summed E-state index contributed by atoms with van der Waals surface area (Å²) >= 11 is 1.38. The first-order chi connectivity index (χ1) is 7.63. The SMILES string of the molecule is COC(=O)c1cccc2c1SC(C)C(=O)N2. The van der Waals surface area contributed by atoms with Gasteiger partial charge in [-0.25, -0.2) is 4.79 Å². The maximum absolute atomic E-state index is 11.5. The molecule has 1 N–H and O–H groups in total. The summed E-state index contributed by atoms with van der Waals surface area (Å²) in [7, 11) is 1.34. The van der Waals surface area contributed by atoms with Gasteiger partial charge < -0.3 is 10.1 Å². The molecule has 0 radical (unpaired) electrons. The summed E-state index contributed by atoms with van der Waals surface area (Å²) in [6.07, 6.45) is 0. The molecule has 0 spiro atoms. The number of amides is 1. The lowest BCUT2D eigenvalue weighted by atomic mass is 10.2. The Hall–Kier alpha value is -1.49. The maximum atomic E-state index is 11.5. The van der Waals surface area contributed by atoms with E-state index in [2.05, 4.69) is 5.32 Å². The largest absolute Gasteiger partial charge is 0.465 e. The van der Waals surface area contributed by atoms with Crippen molar-refractivity contribution in [2.75, 3.05) is 12.4 Å². The van der Waals surface area contributed by atoms with Crippen LogP contribution in [0, 0.1) is 0 Å². The number of hydrogen-bond acceptors (Lipinski definition) is 4. The molecule has 1 aliphatic rings. The lowest BCUT2D eigenvalue weighted by molar-refractivity contribution is -0.115. The van der Waals surface area contributed by atoms with Gasteiger partial charge in [-0.3, -0.25) is 4.79 Å². The molecule has 1 atom stereocenters. The first-order valence-electron chi connectivity index (χ1n) is 4.82.